The maximum atomic E-state index is 13.2. The summed E-state index contributed by atoms with van der Waals surface area (Å²) in [6.07, 6.45) is 3.61. The van der Waals surface area contributed by atoms with Gasteiger partial charge in [0.05, 0.1) is 17.4 Å². The predicted octanol–water partition coefficient (Wildman–Crippen LogP) is 4.83. The number of nitrogens with zero attached hydrogens (tertiary/aromatic N) is 2. The minimum Gasteiger partial charge on any atom is -0.339 e. The van der Waals surface area contributed by atoms with E-state index in [1.807, 2.05) is 31.2 Å². The average molecular weight is 371 g/mol. The van der Waals surface area contributed by atoms with E-state index in [9.17, 15) is 9.18 Å². The number of anilines is 3. The van der Waals surface area contributed by atoms with Gasteiger partial charge in [0.1, 0.15) is 17.3 Å². The van der Waals surface area contributed by atoms with Crippen molar-refractivity contribution in [3.63, 3.8) is 0 Å². The summed E-state index contributed by atoms with van der Waals surface area (Å²) in [7, 11) is 0. The summed E-state index contributed by atoms with van der Waals surface area (Å²) >= 11 is 5.74. The Hall–Kier alpha value is -2.99. The fraction of sp³-hybridized carbons (Fsp3) is 0.105. The second kappa shape index (κ2) is 7.93. The van der Waals surface area contributed by atoms with Gasteiger partial charge in [-0.1, -0.05) is 36.7 Å². The van der Waals surface area contributed by atoms with Crippen LogP contribution < -0.4 is 10.6 Å². The molecule has 1 amide bonds. The third-order valence-electron chi connectivity index (χ3n) is 3.72. The molecule has 0 bridgehead atoms. The molecule has 0 aliphatic rings. The lowest BCUT2D eigenvalue weighted by molar-refractivity contribution is 0.102. The summed E-state index contributed by atoms with van der Waals surface area (Å²) in [5.41, 5.74) is 2.56. The molecule has 0 aliphatic heterocycles. The molecular formula is C19H16ClFN4O. The molecule has 2 N–H and O–H groups in total. The van der Waals surface area contributed by atoms with E-state index < -0.39 is 5.82 Å². The summed E-state index contributed by atoms with van der Waals surface area (Å²) in [4.78, 5) is 20.6. The van der Waals surface area contributed by atoms with Gasteiger partial charge in [0.2, 0.25) is 0 Å². The van der Waals surface area contributed by atoms with Crippen LogP contribution in [0.4, 0.5) is 21.6 Å². The second-order valence-electron chi connectivity index (χ2n) is 5.51. The molecule has 0 aliphatic carbocycles. The fourth-order valence-corrected chi connectivity index (χ4v) is 2.55. The van der Waals surface area contributed by atoms with Gasteiger partial charge in [-0.2, -0.15) is 0 Å². The van der Waals surface area contributed by atoms with Crippen LogP contribution in [0.5, 0.6) is 0 Å². The van der Waals surface area contributed by atoms with Gasteiger partial charge >= 0.3 is 0 Å². The molecule has 0 spiro atoms. The number of aromatic nitrogens is 2. The first-order valence-electron chi connectivity index (χ1n) is 8.00. The molecule has 0 radical (unpaired) electrons. The van der Waals surface area contributed by atoms with Crippen LogP contribution in [0.25, 0.3) is 0 Å². The number of halogens is 2. The van der Waals surface area contributed by atoms with E-state index in [2.05, 4.69) is 20.6 Å². The van der Waals surface area contributed by atoms with Gasteiger partial charge < -0.3 is 10.6 Å². The van der Waals surface area contributed by atoms with Gasteiger partial charge in [0.25, 0.3) is 5.91 Å². The van der Waals surface area contributed by atoms with E-state index >= 15 is 0 Å². The highest BCUT2D eigenvalue weighted by Gasteiger charge is 2.10. The number of amides is 1. The van der Waals surface area contributed by atoms with Gasteiger partial charge in [-0.25, -0.2) is 14.4 Å². The number of carbonyl (C=O) groups excluding carboxylic acids is 1. The Labute approximate surface area is 155 Å². The van der Waals surface area contributed by atoms with Crippen LogP contribution >= 0.6 is 11.6 Å². The maximum Gasteiger partial charge on any atom is 0.275 e. The number of hydrogen-bond donors (Lipinski definition) is 2. The van der Waals surface area contributed by atoms with Crippen molar-refractivity contribution in [1.82, 2.24) is 9.97 Å². The maximum absolute atomic E-state index is 13.2. The van der Waals surface area contributed by atoms with Crippen LogP contribution in [0.3, 0.4) is 0 Å². The highest BCUT2D eigenvalue weighted by molar-refractivity contribution is 6.31. The Morgan fingerprint density at radius 3 is 2.65 bits per heavy atom. The van der Waals surface area contributed by atoms with E-state index in [0.29, 0.717) is 11.5 Å². The second-order valence-corrected chi connectivity index (χ2v) is 5.91. The minimum atomic E-state index is -0.498. The van der Waals surface area contributed by atoms with E-state index in [4.69, 9.17) is 11.6 Å². The molecule has 5 nitrogen and oxygen atoms in total. The highest BCUT2D eigenvalue weighted by atomic mass is 35.5. The first kappa shape index (κ1) is 17.8. The van der Waals surface area contributed by atoms with Crippen LogP contribution in [-0.4, -0.2) is 15.9 Å². The predicted molar refractivity (Wildman–Crippen MR) is 100 cm³/mol. The van der Waals surface area contributed by atoms with Gasteiger partial charge in [-0.3, -0.25) is 4.79 Å². The Morgan fingerprint density at radius 2 is 1.96 bits per heavy atom. The molecule has 7 heteroatoms. The van der Waals surface area contributed by atoms with Crippen LogP contribution in [0.15, 0.2) is 54.9 Å². The Morgan fingerprint density at radius 1 is 1.15 bits per heavy atom. The van der Waals surface area contributed by atoms with Crippen molar-refractivity contribution in [2.75, 3.05) is 10.6 Å². The smallest absolute Gasteiger partial charge is 0.275 e. The molecule has 3 aromatic rings. The van der Waals surface area contributed by atoms with E-state index in [1.165, 1.54) is 30.6 Å². The van der Waals surface area contributed by atoms with Crippen molar-refractivity contribution >= 4 is 34.7 Å². The summed E-state index contributed by atoms with van der Waals surface area (Å²) in [5, 5.41) is 5.80. The van der Waals surface area contributed by atoms with Crippen molar-refractivity contribution < 1.29 is 9.18 Å². The number of hydrogen-bond acceptors (Lipinski definition) is 4. The van der Waals surface area contributed by atoms with Gasteiger partial charge in [0, 0.05) is 11.4 Å². The highest BCUT2D eigenvalue weighted by Crippen LogP contribution is 2.22. The molecule has 0 atom stereocenters. The monoisotopic (exact) mass is 370 g/mol. The number of nitrogens with one attached hydrogen (secondary N) is 2. The summed E-state index contributed by atoms with van der Waals surface area (Å²) in [6.45, 7) is 2.02. The minimum absolute atomic E-state index is 0.00791. The van der Waals surface area contributed by atoms with Crippen molar-refractivity contribution in [3.8, 4) is 0 Å². The molecule has 132 valence electrons. The van der Waals surface area contributed by atoms with Gasteiger partial charge in [-0.05, 0) is 36.2 Å². The topological polar surface area (TPSA) is 66.9 Å². The van der Waals surface area contributed by atoms with Crippen LogP contribution in [0, 0.1) is 5.82 Å². The summed E-state index contributed by atoms with van der Waals surface area (Å²) < 4.78 is 13.2. The molecule has 2 aromatic carbocycles. The van der Waals surface area contributed by atoms with Crippen molar-refractivity contribution in [1.29, 1.82) is 0 Å². The number of benzene rings is 2. The largest absolute Gasteiger partial charge is 0.339 e. The zero-order valence-corrected chi connectivity index (χ0v) is 14.7. The Bertz CT molecular complexity index is 931. The number of aryl methyl sites for hydroxylation is 1. The van der Waals surface area contributed by atoms with Crippen molar-refractivity contribution in [2.24, 2.45) is 0 Å². The first-order chi connectivity index (χ1) is 12.6. The Balaban J connectivity index is 1.70. The van der Waals surface area contributed by atoms with E-state index in [-0.39, 0.29) is 16.6 Å². The molecular weight excluding hydrogens is 355 g/mol. The zero-order valence-electron chi connectivity index (χ0n) is 14.0. The quantitative estimate of drug-likeness (QED) is 0.675. The molecule has 1 aromatic heterocycles. The fourth-order valence-electron chi connectivity index (χ4n) is 2.37. The van der Waals surface area contributed by atoms with E-state index in [0.717, 1.165) is 17.7 Å². The van der Waals surface area contributed by atoms with Gasteiger partial charge in [-0.15, -0.1) is 0 Å². The third kappa shape index (κ3) is 4.15. The summed E-state index contributed by atoms with van der Waals surface area (Å²) in [5.74, 6) is -0.421. The first-order valence-corrected chi connectivity index (χ1v) is 8.38. The lowest BCUT2D eigenvalue weighted by Crippen LogP contribution is -2.15. The molecule has 1 heterocycles. The SMILES string of the molecule is CCc1ccccc1NC(=O)c1cnc(Nc2ccc(F)c(Cl)c2)cn1. The molecule has 0 unspecified atom stereocenters. The molecule has 0 fully saturated rings. The molecule has 26 heavy (non-hydrogen) atoms. The lowest BCUT2D eigenvalue weighted by atomic mass is 10.1. The number of para-hydroxylation sites is 1. The normalized spacial score (nSPS) is 10.4. The third-order valence-corrected chi connectivity index (χ3v) is 4.01. The van der Waals surface area contributed by atoms with E-state index in [1.54, 1.807) is 0 Å². The van der Waals surface area contributed by atoms with Crippen LogP contribution in [0.2, 0.25) is 5.02 Å². The van der Waals surface area contributed by atoms with Gasteiger partial charge in [0.15, 0.2) is 0 Å². The standard InChI is InChI=1S/C19H16ClFN4O/c1-2-12-5-3-4-6-16(12)25-19(26)17-10-23-18(11-22-17)24-13-7-8-15(21)14(20)9-13/h3-11H,2H2,1H3,(H,23,24)(H,25,26). The average Bonchev–Trinajstić information content (AvgIpc) is 2.66. The van der Waals surface area contributed by atoms with Crippen molar-refractivity contribution in [3.05, 3.63) is 77.0 Å². The summed E-state index contributed by atoms with van der Waals surface area (Å²) in [6, 6.07) is 11.8. The lowest BCUT2D eigenvalue weighted by Gasteiger charge is -2.10. The van der Waals surface area contributed by atoms with Crippen LogP contribution in [0.1, 0.15) is 23.0 Å². The Kier molecular flexibility index (Phi) is 5.43. The number of rotatable bonds is 5. The van der Waals surface area contributed by atoms with Crippen molar-refractivity contribution in [2.45, 2.75) is 13.3 Å². The number of carbonyl (C=O) groups is 1. The zero-order chi connectivity index (χ0) is 18.5. The molecule has 0 saturated heterocycles. The van der Waals surface area contributed by atoms with Crippen LogP contribution in [-0.2, 0) is 6.42 Å². The molecule has 0 saturated carbocycles. The molecule has 3 rings (SSSR count).